The number of hydrogen-bond donors (Lipinski definition) is 1. The molecule has 1 heterocycles. The number of carbonyl (C=O) groups is 2. The van der Waals surface area contributed by atoms with Gasteiger partial charge in [0, 0.05) is 0 Å². The number of nitrogens with zero attached hydrogens (tertiary/aromatic N) is 1. The van der Waals surface area contributed by atoms with Crippen LogP contribution in [0.4, 0.5) is 0 Å². The Morgan fingerprint density at radius 1 is 1.35 bits per heavy atom. The molecule has 17 heavy (non-hydrogen) atoms. The minimum absolute atomic E-state index is 0.0933. The first-order valence-electron chi connectivity index (χ1n) is 5.98. The molecule has 1 saturated heterocycles. The van der Waals surface area contributed by atoms with E-state index >= 15 is 0 Å². The molecule has 0 aromatic rings. The lowest BCUT2D eigenvalue weighted by atomic mass is 10.0. The molecule has 1 aliphatic heterocycles. The summed E-state index contributed by atoms with van der Waals surface area (Å²) in [6, 6.07) is -0.404. The fourth-order valence-electron chi connectivity index (χ4n) is 1.99. The quantitative estimate of drug-likeness (QED) is 0.756. The lowest BCUT2D eigenvalue weighted by Gasteiger charge is -2.34. The molecule has 5 nitrogen and oxygen atoms in total. The van der Waals surface area contributed by atoms with Crippen LogP contribution in [0.5, 0.6) is 0 Å². The highest BCUT2D eigenvalue weighted by Crippen LogP contribution is 2.20. The summed E-state index contributed by atoms with van der Waals surface area (Å²) in [5.41, 5.74) is -0.524. The molecule has 5 heteroatoms. The van der Waals surface area contributed by atoms with Gasteiger partial charge in [0.2, 0.25) is 0 Å². The number of carboxylic acids is 1. The van der Waals surface area contributed by atoms with Crippen LogP contribution in [0.1, 0.15) is 40.0 Å². The van der Waals surface area contributed by atoms with E-state index in [1.54, 1.807) is 4.90 Å². The van der Waals surface area contributed by atoms with Gasteiger partial charge >= 0.3 is 11.9 Å². The smallest absolute Gasteiger partial charge is 0.323 e. The van der Waals surface area contributed by atoms with Crippen molar-refractivity contribution < 1.29 is 19.4 Å². The molecule has 0 amide bonds. The van der Waals surface area contributed by atoms with E-state index < -0.39 is 17.6 Å². The van der Waals surface area contributed by atoms with Gasteiger partial charge in [-0.3, -0.25) is 14.5 Å². The Kier molecular flexibility index (Phi) is 4.51. The van der Waals surface area contributed by atoms with Crippen molar-refractivity contribution >= 4 is 11.9 Å². The predicted molar refractivity (Wildman–Crippen MR) is 62.7 cm³/mol. The topological polar surface area (TPSA) is 66.8 Å². The number of ether oxygens (including phenoxy) is 1. The van der Waals surface area contributed by atoms with Gasteiger partial charge in [-0.15, -0.1) is 0 Å². The average Bonchev–Trinajstić information content (AvgIpc) is 2.14. The number of rotatable bonds is 3. The van der Waals surface area contributed by atoms with Crippen LogP contribution in [0.15, 0.2) is 0 Å². The molecule has 1 rings (SSSR count). The molecule has 1 N–H and O–H groups in total. The number of aliphatic carboxylic acids is 1. The summed E-state index contributed by atoms with van der Waals surface area (Å²) < 4.78 is 5.32. The molecule has 1 fully saturated rings. The van der Waals surface area contributed by atoms with Crippen LogP contribution in [0.2, 0.25) is 0 Å². The zero-order valence-corrected chi connectivity index (χ0v) is 10.7. The van der Waals surface area contributed by atoms with E-state index in [1.165, 1.54) is 0 Å². The summed E-state index contributed by atoms with van der Waals surface area (Å²) in [6.45, 7) is 6.00. The number of piperidine rings is 1. The van der Waals surface area contributed by atoms with Crippen LogP contribution in [0, 0.1) is 0 Å². The first kappa shape index (κ1) is 14.0. The first-order valence-corrected chi connectivity index (χ1v) is 5.98. The summed E-state index contributed by atoms with van der Waals surface area (Å²) in [7, 11) is 0. The standard InChI is InChI=1S/C12H21NO4/c1-12(2,3)17-11(16)9-6-4-5-7-13(9)8-10(14)15/h9H,4-8H2,1-3H3,(H,14,15). The van der Waals surface area contributed by atoms with Gasteiger partial charge in [0.25, 0.3) is 0 Å². The molecule has 1 atom stereocenters. The molecule has 1 aliphatic rings. The molecular formula is C12H21NO4. The van der Waals surface area contributed by atoms with Crippen molar-refractivity contribution in [2.75, 3.05) is 13.1 Å². The summed E-state index contributed by atoms with van der Waals surface area (Å²) >= 11 is 0. The Morgan fingerprint density at radius 3 is 2.53 bits per heavy atom. The molecule has 0 aromatic heterocycles. The summed E-state index contributed by atoms with van der Waals surface area (Å²) in [5.74, 6) is -1.21. The maximum Gasteiger partial charge on any atom is 0.323 e. The SMILES string of the molecule is CC(C)(C)OC(=O)C1CCCCN1CC(=O)O. The Bertz CT molecular complexity index is 295. The Morgan fingerprint density at radius 2 is 2.00 bits per heavy atom. The minimum Gasteiger partial charge on any atom is -0.480 e. The third-order valence-corrected chi connectivity index (χ3v) is 2.63. The lowest BCUT2D eigenvalue weighted by molar-refractivity contribution is -0.163. The van der Waals surface area contributed by atoms with Crippen molar-refractivity contribution in [2.24, 2.45) is 0 Å². The largest absolute Gasteiger partial charge is 0.480 e. The van der Waals surface area contributed by atoms with E-state index in [9.17, 15) is 9.59 Å². The monoisotopic (exact) mass is 243 g/mol. The normalized spacial score (nSPS) is 22.2. The Hall–Kier alpha value is -1.10. The van der Waals surface area contributed by atoms with Crippen LogP contribution in [0.3, 0.4) is 0 Å². The van der Waals surface area contributed by atoms with Gasteiger partial charge in [-0.1, -0.05) is 6.42 Å². The van der Waals surface area contributed by atoms with E-state index in [1.807, 2.05) is 20.8 Å². The summed E-state index contributed by atoms with van der Waals surface area (Å²) in [5, 5.41) is 8.80. The minimum atomic E-state index is -0.902. The molecule has 1 unspecified atom stereocenters. The van der Waals surface area contributed by atoms with Gasteiger partial charge in [0.05, 0.1) is 6.54 Å². The van der Waals surface area contributed by atoms with Crippen LogP contribution in [-0.2, 0) is 14.3 Å². The lowest BCUT2D eigenvalue weighted by Crippen LogP contribution is -2.49. The number of esters is 1. The maximum absolute atomic E-state index is 11.9. The average molecular weight is 243 g/mol. The second-order valence-corrected chi connectivity index (χ2v) is 5.41. The third-order valence-electron chi connectivity index (χ3n) is 2.63. The van der Waals surface area contributed by atoms with E-state index in [0.717, 1.165) is 12.8 Å². The maximum atomic E-state index is 11.9. The number of carboxylic acid groups (broad SMARTS) is 1. The highest BCUT2D eigenvalue weighted by Gasteiger charge is 2.33. The summed E-state index contributed by atoms with van der Waals surface area (Å²) in [4.78, 5) is 24.4. The molecule has 98 valence electrons. The number of hydrogen-bond acceptors (Lipinski definition) is 4. The molecule has 0 spiro atoms. The molecule has 0 aliphatic carbocycles. The van der Waals surface area contributed by atoms with Gasteiger partial charge in [-0.05, 0) is 40.2 Å². The fourth-order valence-corrected chi connectivity index (χ4v) is 1.99. The van der Waals surface area contributed by atoms with E-state index in [2.05, 4.69) is 0 Å². The van der Waals surface area contributed by atoms with E-state index in [-0.39, 0.29) is 12.5 Å². The van der Waals surface area contributed by atoms with Crippen molar-refractivity contribution in [3.05, 3.63) is 0 Å². The van der Waals surface area contributed by atoms with Crippen LogP contribution in [-0.4, -0.2) is 46.7 Å². The molecule has 0 aromatic carbocycles. The van der Waals surface area contributed by atoms with Gasteiger partial charge in [-0.2, -0.15) is 0 Å². The van der Waals surface area contributed by atoms with Crippen molar-refractivity contribution in [1.82, 2.24) is 4.90 Å². The first-order chi connectivity index (χ1) is 7.79. The fraction of sp³-hybridized carbons (Fsp3) is 0.833. The highest BCUT2D eigenvalue weighted by atomic mass is 16.6. The van der Waals surface area contributed by atoms with Gasteiger partial charge in [0.15, 0.2) is 0 Å². The highest BCUT2D eigenvalue weighted by molar-refractivity contribution is 5.77. The van der Waals surface area contributed by atoms with Gasteiger partial charge in [0.1, 0.15) is 11.6 Å². The Balaban J connectivity index is 2.64. The molecule has 0 saturated carbocycles. The Labute approximate surface area is 102 Å². The summed E-state index contributed by atoms with van der Waals surface area (Å²) in [6.07, 6.45) is 2.56. The van der Waals surface area contributed by atoms with Crippen molar-refractivity contribution in [3.63, 3.8) is 0 Å². The van der Waals surface area contributed by atoms with Crippen molar-refractivity contribution in [2.45, 2.75) is 51.7 Å². The zero-order valence-electron chi connectivity index (χ0n) is 10.7. The molecule has 0 bridgehead atoms. The molecular weight excluding hydrogens is 222 g/mol. The van der Waals surface area contributed by atoms with Crippen molar-refractivity contribution in [1.29, 1.82) is 0 Å². The van der Waals surface area contributed by atoms with Crippen molar-refractivity contribution in [3.8, 4) is 0 Å². The second kappa shape index (κ2) is 5.49. The van der Waals surface area contributed by atoms with Crippen LogP contribution in [0.25, 0.3) is 0 Å². The zero-order chi connectivity index (χ0) is 13.1. The van der Waals surface area contributed by atoms with Crippen LogP contribution < -0.4 is 0 Å². The van der Waals surface area contributed by atoms with Gasteiger partial charge in [-0.25, -0.2) is 0 Å². The number of carbonyl (C=O) groups excluding carboxylic acids is 1. The van der Waals surface area contributed by atoms with E-state index in [4.69, 9.17) is 9.84 Å². The second-order valence-electron chi connectivity index (χ2n) is 5.41. The number of likely N-dealkylation sites (tertiary alicyclic amines) is 1. The predicted octanol–water partition coefficient (Wildman–Crippen LogP) is 1.27. The van der Waals surface area contributed by atoms with Crippen LogP contribution >= 0.6 is 0 Å². The molecule has 0 radical (unpaired) electrons. The third kappa shape index (κ3) is 4.73. The van der Waals surface area contributed by atoms with Gasteiger partial charge < -0.3 is 9.84 Å². The van der Waals surface area contributed by atoms with E-state index in [0.29, 0.717) is 13.0 Å².